The van der Waals surface area contributed by atoms with E-state index in [0.29, 0.717) is 17.3 Å². The molecule has 2 saturated carbocycles. The van der Waals surface area contributed by atoms with Gasteiger partial charge in [-0.1, -0.05) is 50.0 Å². The number of nitrogens with zero attached hydrogens (tertiary/aromatic N) is 4. The normalized spacial score (nSPS) is 16.7. The molecule has 0 bridgehead atoms. The molecule has 7 nitrogen and oxygen atoms in total. The first-order valence-corrected chi connectivity index (χ1v) is 16.5. The van der Waals surface area contributed by atoms with Crippen LogP contribution in [0.5, 0.6) is 0 Å². The van der Waals surface area contributed by atoms with E-state index in [1.165, 1.54) is 36.8 Å². The third-order valence-corrected chi connectivity index (χ3v) is 10.0. The van der Waals surface area contributed by atoms with Crippen LogP contribution in [-0.2, 0) is 23.9 Å². The fourth-order valence-corrected chi connectivity index (χ4v) is 7.85. The van der Waals surface area contributed by atoms with Crippen molar-refractivity contribution in [1.82, 2.24) is 24.4 Å². The molecule has 1 N–H and O–H groups in total. The average Bonchev–Trinajstić information content (AvgIpc) is 3.87. The summed E-state index contributed by atoms with van der Waals surface area (Å²) in [7, 11) is 2.07. The van der Waals surface area contributed by atoms with Crippen molar-refractivity contribution in [3.05, 3.63) is 89.4 Å². The molecule has 2 aromatic carbocycles. The molecule has 0 saturated heterocycles. The van der Waals surface area contributed by atoms with Crippen molar-refractivity contribution in [3.63, 3.8) is 0 Å². The van der Waals surface area contributed by atoms with Crippen LogP contribution < -0.4 is 5.32 Å². The Hall–Kier alpha value is -4.59. The molecule has 0 atom stereocenters. The Morgan fingerprint density at radius 1 is 1.02 bits per heavy atom. The molecule has 2 fully saturated rings. The fraction of sp³-hybridized carbons (Fsp3) is 0.368. The highest BCUT2D eigenvalue weighted by atomic mass is 19.1. The summed E-state index contributed by atoms with van der Waals surface area (Å²) in [5, 5.41) is 4.59. The molecule has 2 aliphatic carbocycles. The van der Waals surface area contributed by atoms with Crippen molar-refractivity contribution in [3.8, 4) is 11.4 Å². The number of imidazole rings is 1. The largest absolute Gasteiger partial charge is 0.342 e. The van der Waals surface area contributed by atoms with Gasteiger partial charge in [-0.3, -0.25) is 14.6 Å². The number of carbonyl (C=O) groups is 2. The van der Waals surface area contributed by atoms with Gasteiger partial charge in [-0.15, -0.1) is 0 Å². The van der Waals surface area contributed by atoms with E-state index in [-0.39, 0.29) is 18.2 Å². The summed E-state index contributed by atoms with van der Waals surface area (Å²) in [6.07, 6.45) is 13.3. The van der Waals surface area contributed by atoms with Crippen LogP contribution in [0.4, 0.5) is 4.39 Å². The maximum Gasteiger partial charge on any atom is 0.252 e. The lowest BCUT2D eigenvalue weighted by molar-refractivity contribution is -0.112. The number of amides is 1. The number of hydrogen-bond donors (Lipinski definition) is 1. The molecule has 0 unspecified atom stereocenters. The molecular formula is C38H40FN5O2. The molecule has 1 amide bonds. The lowest BCUT2D eigenvalue weighted by Crippen LogP contribution is -2.45. The second-order valence-corrected chi connectivity index (χ2v) is 13.0. The van der Waals surface area contributed by atoms with E-state index in [4.69, 9.17) is 9.97 Å². The van der Waals surface area contributed by atoms with Gasteiger partial charge in [0.05, 0.1) is 34.5 Å². The smallest absolute Gasteiger partial charge is 0.252 e. The number of hydrogen-bond acceptors (Lipinski definition) is 4. The number of halogens is 1. The first-order chi connectivity index (χ1) is 22.4. The molecule has 5 aromatic rings. The topological polar surface area (TPSA) is 81.8 Å². The summed E-state index contributed by atoms with van der Waals surface area (Å²) < 4.78 is 18.1. The van der Waals surface area contributed by atoms with E-state index < -0.39 is 12.2 Å². The Morgan fingerprint density at radius 2 is 1.83 bits per heavy atom. The first kappa shape index (κ1) is 30.1. The van der Waals surface area contributed by atoms with Gasteiger partial charge >= 0.3 is 0 Å². The van der Waals surface area contributed by atoms with Crippen molar-refractivity contribution < 1.29 is 14.0 Å². The second kappa shape index (κ2) is 12.3. The number of ketones is 1. The number of rotatable bonds is 9. The average molecular weight is 618 g/mol. The summed E-state index contributed by atoms with van der Waals surface area (Å²) in [4.78, 5) is 35.4. The van der Waals surface area contributed by atoms with Gasteiger partial charge in [0.1, 0.15) is 12.5 Å². The molecule has 3 aromatic heterocycles. The van der Waals surface area contributed by atoms with Gasteiger partial charge in [0, 0.05) is 29.7 Å². The number of nitrogens with one attached hydrogen (secondary N) is 1. The molecule has 3 heterocycles. The molecule has 7 rings (SSSR count). The van der Waals surface area contributed by atoms with Crippen LogP contribution in [0, 0.1) is 0 Å². The Bertz CT molecular complexity index is 1960. The standard InChI is InChI=1S/C38H40FN5O2/c1-25(45)12-13-26-14-17-30-33(23-26)44(22-20-39)37(41-30)38(18-6-7-19-38)42-36(46)28-15-16-29-32(24-28)43(2)35(31-11-5-8-21-40-31)34(29)27-9-3-4-10-27/h5,8,11-17,21,23-24,27H,3-4,6-7,9-10,18-20,22H2,1-2H3,(H,42,46)/b13-12+. The maximum absolute atomic E-state index is 14.2. The van der Waals surface area contributed by atoms with Crippen LogP contribution >= 0.6 is 0 Å². The van der Waals surface area contributed by atoms with Gasteiger partial charge in [-0.05, 0) is 92.1 Å². The number of carbonyl (C=O) groups excluding carboxylic acids is 2. The zero-order chi connectivity index (χ0) is 31.8. The van der Waals surface area contributed by atoms with E-state index >= 15 is 0 Å². The molecule has 236 valence electrons. The van der Waals surface area contributed by atoms with Gasteiger partial charge in [-0.2, -0.15) is 0 Å². The Morgan fingerprint density at radius 3 is 2.54 bits per heavy atom. The summed E-state index contributed by atoms with van der Waals surface area (Å²) in [6, 6.07) is 17.9. The van der Waals surface area contributed by atoms with E-state index in [9.17, 15) is 14.0 Å². The minimum atomic E-state index is -0.710. The van der Waals surface area contributed by atoms with E-state index in [0.717, 1.165) is 72.0 Å². The van der Waals surface area contributed by atoms with Gasteiger partial charge in [0.25, 0.3) is 5.91 Å². The van der Waals surface area contributed by atoms with Crippen LogP contribution in [0.25, 0.3) is 39.4 Å². The third-order valence-electron chi connectivity index (χ3n) is 10.0. The lowest BCUT2D eigenvalue weighted by atomic mass is 9.92. The summed E-state index contributed by atoms with van der Waals surface area (Å²) in [6.45, 7) is 1.09. The number of benzene rings is 2. The van der Waals surface area contributed by atoms with Crippen molar-refractivity contribution in [1.29, 1.82) is 0 Å². The fourth-order valence-electron chi connectivity index (χ4n) is 7.85. The summed E-state index contributed by atoms with van der Waals surface area (Å²) in [5.41, 5.74) is 6.71. The number of aryl methyl sites for hydroxylation is 2. The van der Waals surface area contributed by atoms with E-state index in [1.54, 1.807) is 6.08 Å². The lowest BCUT2D eigenvalue weighted by Gasteiger charge is -2.30. The highest BCUT2D eigenvalue weighted by Gasteiger charge is 2.42. The number of fused-ring (bicyclic) bond motifs is 2. The molecule has 8 heteroatoms. The van der Waals surface area contributed by atoms with E-state index in [2.05, 4.69) is 29.1 Å². The zero-order valence-corrected chi connectivity index (χ0v) is 26.6. The highest BCUT2D eigenvalue weighted by molar-refractivity contribution is 6.01. The predicted molar refractivity (Wildman–Crippen MR) is 180 cm³/mol. The number of aromatic nitrogens is 4. The van der Waals surface area contributed by atoms with Crippen LogP contribution in [0.2, 0.25) is 0 Å². The molecule has 0 spiro atoms. The number of alkyl halides is 1. The SMILES string of the molecule is CC(=O)/C=C/c1ccc2nc(C3(NC(=O)c4ccc5c(C6CCCC6)c(-c6ccccn6)n(C)c5c4)CCCC3)n(CCF)c2c1. The third kappa shape index (κ3) is 5.33. The summed E-state index contributed by atoms with van der Waals surface area (Å²) >= 11 is 0. The van der Waals surface area contributed by atoms with Crippen molar-refractivity contribution in [2.24, 2.45) is 7.05 Å². The van der Waals surface area contributed by atoms with Crippen LogP contribution in [-0.4, -0.2) is 37.5 Å². The minimum absolute atomic E-state index is 0.0399. The molecule has 0 radical (unpaired) electrons. The molecule has 2 aliphatic rings. The monoisotopic (exact) mass is 617 g/mol. The Balaban J connectivity index is 1.28. The van der Waals surface area contributed by atoms with Crippen molar-refractivity contribution >= 4 is 39.7 Å². The van der Waals surface area contributed by atoms with Crippen LogP contribution in [0.3, 0.4) is 0 Å². The van der Waals surface area contributed by atoms with Gasteiger partial charge in [-0.25, -0.2) is 9.37 Å². The van der Waals surface area contributed by atoms with Crippen molar-refractivity contribution in [2.45, 2.75) is 76.3 Å². The van der Waals surface area contributed by atoms with Crippen LogP contribution in [0.1, 0.15) is 91.5 Å². The van der Waals surface area contributed by atoms with Gasteiger partial charge in [0.2, 0.25) is 0 Å². The predicted octanol–water partition coefficient (Wildman–Crippen LogP) is 8.02. The number of pyridine rings is 1. The quantitative estimate of drug-likeness (QED) is 0.170. The van der Waals surface area contributed by atoms with Gasteiger partial charge in [0.15, 0.2) is 5.78 Å². The van der Waals surface area contributed by atoms with Crippen LogP contribution in [0.15, 0.2) is 66.9 Å². The Kier molecular flexibility index (Phi) is 8.05. The van der Waals surface area contributed by atoms with E-state index in [1.807, 2.05) is 53.2 Å². The second-order valence-electron chi connectivity index (χ2n) is 13.0. The van der Waals surface area contributed by atoms with Crippen molar-refractivity contribution in [2.75, 3.05) is 6.67 Å². The number of allylic oxidation sites excluding steroid dienone is 1. The zero-order valence-electron chi connectivity index (χ0n) is 26.6. The minimum Gasteiger partial charge on any atom is -0.342 e. The maximum atomic E-state index is 14.2. The Labute approximate surface area is 268 Å². The van der Waals surface area contributed by atoms with Gasteiger partial charge < -0.3 is 14.5 Å². The molecule has 0 aliphatic heterocycles. The summed E-state index contributed by atoms with van der Waals surface area (Å²) in [5.74, 6) is 0.973. The molecular weight excluding hydrogens is 577 g/mol. The highest BCUT2D eigenvalue weighted by Crippen LogP contribution is 2.45. The first-order valence-electron chi connectivity index (χ1n) is 16.5. The molecule has 46 heavy (non-hydrogen) atoms.